The SMILES string of the molecule is O=C(O)C1CCCc2sc(NCC3CC4CCC3C4)nc21. The molecule has 1 heterocycles. The molecule has 3 aliphatic carbocycles. The highest BCUT2D eigenvalue weighted by molar-refractivity contribution is 7.15. The molecule has 5 heteroatoms. The molecule has 2 N–H and O–H groups in total. The number of fused-ring (bicyclic) bond motifs is 3. The number of hydrogen-bond donors (Lipinski definition) is 2. The minimum atomic E-state index is -0.721. The van der Waals surface area contributed by atoms with E-state index in [9.17, 15) is 9.90 Å². The average Bonchev–Trinajstić information content (AvgIpc) is 3.18. The Morgan fingerprint density at radius 2 is 2.24 bits per heavy atom. The van der Waals surface area contributed by atoms with E-state index in [1.54, 1.807) is 11.3 Å². The zero-order valence-electron chi connectivity index (χ0n) is 12.2. The van der Waals surface area contributed by atoms with Crippen molar-refractivity contribution in [1.29, 1.82) is 0 Å². The Morgan fingerprint density at radius 1 is 1.33 bits per heavy atom. The topological polar surface area (TPSA) is 62.2 Å². The normalized spacial score (nSPS) is 33.9. The van der Waals surface area contributed by atoms with Crippen LogP contribution in [-0.4, -0.2) is 22.6 Å². The number of anilines is 1. The first-order valence-corrected chi connectivity index (χ1v) is 8.98. The lowest BCUT2D eigenvalue weighted by Crippen LogP contribution is -2.20. The van der Waals surface area contributed by atoms with E-state index in [1.807, 2.05) is 0 Å². The van der Waals surface area contributed by atoms with Gasteiger partial charge in [-0.3, -0.25) is 4.79 Å². The summed E-state index contributed by atoms with van der Waals surface area (Å²) in [4.78, 5) is 17.1. The molecule has 1 aromatic rings. The van der Waals surface area contributed by atoms with Crippen molar-refractivity contribution >= 4 is 22.4 Å². The van der Waals surface area contributed by atoms with E-state index in [0.717, 1.165) is 54.4 Å². The van der Waals surface area contributed by atoms with E-state index in [2.05, 4.69) is 10.3 Å². The minimum absolute atomic E-state index is 0.386. The molecule has 114 valence electrons. The maximum atomic E-state index is 11.3. The van der Waals surface area contributed by atoms with Crippen molar-refractivity contribution in [3.63, 3.8) is 0 Å². The number of carbonyl (C=O) groups is 1. The summed E-state index contributed by atoms with van der Waals surface area (Å²) in [5.41, 5.74) is 0.828. The zero-order valence-corrected chi connectivity index (χ0v) is 13.0. The first-order valence-electron chi connectivity index (χ1n) is 8.17. The van der Waals surface area contributed by atoms with E-state index in [4.69, 9.17) is 0 Å². The van der Waals surface area contributed by atoms with Crippen molar-refractivity contribution in [3.05, 3.63) is 10.6 Å². The monoisotopic (exact) mass is 306 g/mol. The van der Waals surface area contributed by atoms with Crippen LogP contribution in [0.2, 0.25) is 0 Å². The number of thiazole rings is 1. The summed E-state index contributed by atoms with van der Waals surface area (Å²) in [5, 5.41) is 13.8. The predicted molar refractivity (Wildman–Crippen MR) is 82.9 cm³/mol. The summed E-state index contributed by atoms with van der Waals surface area (Å²) in [6, 6.07) is 0. The first kappa shape index (κ1) is 13.6. The molecule has 3 aliphatic rings. The lowest BCUT2D eigenvalue weighted by molar-refractivity contribution is -0.139. The Kier molecular flexibility index (Phi) is 3.40. The Balaban J connectivity index is 1.43. The first-order chi connectivity index (χ1) is 10.2. The van der Waals surface area contributed by atoms with Gasteiger partial charge in [0.25, 0.3) is 0 Å². The summed E-state index contributed by atoms with van der Waals surface area (Å²) < 4.78 is 0. The van der Waals surface area contributed by atoms with Gasteiger partial charge in [-0.1, -0.05) is 6.42 Å². The van der Waals surface area contributed by atoms with Crippen molar-refractivity contribution in [2.45, 2.75) is 50.9 Å². The van der Waals surface area contributed by atoms with Gasteiger partial charge < -0.3 is 10.4 Å². The van der Waals surface area contributed by atoms with E-state index in [0.29, 0.717) is 0 Å². The Morgan fingerprint density at radius 3 is 2.95 bits per heavy atom. The fourth-order valence-electron chi connectivity index (χ4n) is 4.58. The maximum Gasteiger partial charge on any atom is 0.312 e. The van der Waals surface area contributed by atoms with Crippen LogP contribution in [0.3, 0.4) is 0 Å². The van der Waals surface area contributed by atoms with Gasteiger partial charge in [-0.2, -0.15) is 0 Å². The highest BCUT2D eigenvalue weighted by Crippen LogP contribution is 2.48. The molecule has 4 rings (SSSR count). The quantitative estimate of drug-likeness (QED) is 0.894. The summed E-state index contributed by atoms with van der Waals surface area (Å²) in [7, 11) is 0. The third kappa shape index (κ3) is 2.45. The fraction of sp³-hybridized carbons (Fsp3) is 0.750. The zero-order chi connectivity index (χ0) is 14.4. The number of nitrogens with one attached hydrogen (secondary N) is 1. The van der Waals surface area contributed by atoms with E-state index in [-0.39, 0.29) is 5.92 Å². The Labute approximate surface area is 129 Å². The third-order valence-corrected chi connectivity index (χ3v) is 6.74. The van der Waals surface area contributed by atoms with Crippen LogP contribution in [0.25, 0.3) is 0 Å². The number of carboxylic acid groups (broad SMARTS) is 1. The van der Waals surface area contributed by atoms with Crippen LogP contribution in [-0.2, 0) is 11.2 Å². The van der Waals surface area contributed by atoms with Gasteiger partial charge in [0, 0.05) is 11.4 Å². The van der Waals surface area contributed by atoms with Crippen LogP contribution in [0.1, 0.15) is 55.0 Å². The standard InChI is InChI=1S/C16H22N2O2S/c19-15(20)12-2-1-3-13-14(12)18-16(21-13)17-8-11-7-9-4-5-10(11)6-9/h9-12H,1-8H2,(H,17,18)(H,19,20). The molecule has 21 heavy (non-hydrogen) atoms. The summed E-state index contributed by atoms with van der Waals surface area (Å²) >= 11 is 1.67. The Bertz CT molecular complexity index is 556. The molecule has 0 spiro atoms. The second-order valence-corrected chi connectivity index (χ2v) is 8.01. The number of aromatic nitrogens is 1. The van der Waals surface area contributed by atoms with Gasteiger partial charge in [0.05, 0.1) is 5.69 Å². The molecule has 0 radical (unpaired) electrons. The molecule has 0 aliphatic heterocycles. The predicted octanol–water partition coefficient (Wildman–Crippen LogP) is 3.50. The van der Waals surface area contributed by atoms with Gasteiger partial charge in [-0.15, -0.1) is 11.3 Å². The van der Waals surface area contributed by atoms with Gasteiger partial charge >= 0.3 is 5.97 Å². The van der Waals surface area contributed by atoms with Crippen molar-refractivity contribution in [2.24, 2.45) is 17.8 Å². The lowest BCUT2D eigenvalue weighted by atomic mass is 9.89. The van der Waals surface area contributed by atoms with Crippen LogP contribution < -0.4 is 5.32 Å². The molecule has 0 amide bonds. The fourth-order valence-corrected chi connectivity index (χ4v) is 5.65. The minimum Gasteiger partial charge on any atom is -0.481 e. The van der Waals surface area contributed by atoms with Crippen LogP contribution in [0, 0.1) is 17.8 Å². The number of aryl methyl sites for hydroxylation is 1. The van der Waals surface area contributed by atoms with Gasteiger partial charge in [-0.05, 0) is 56.3 Å². The van der Waals surface area contributed by atoms with Crippen molar-refractivity contribution in [2.75, 3.05) is 11.9 Å². The van der Waals surface area contributed by atoms with Gasteiger partial charge in [-0.25, -0.2) is 4.98 Å². The molecule has 2 saturated carbocycles. The molecule has 0 saturated heterocycles. The highest BCUT2D eigenvalue weighted by atomic mass is 32.1. The van der Waals surface area contributed by atoms with Crippen LogP contribution in [0.5, 0.6) is 0 Å². The molecule has 2 fully saturated rings. The smallest absolute Gasteiger partial charge is 0.312 e. The molecule has 2 bridgehead atoms. The maximum absolute atomic E-state index is 11.3. The number of rotatable bonds is 4. The second kappa shape index (κ2) is 5.27. The molecule has 4 atom stereocenters. The largest absolute Gasteiger partial charge is 0.481 e. The third-order valence-electron chi connectivity index (χ3n) is 5.65. The number of carboxylic acids is 1. The molecular formula is C16H22N2O2S. The lowest BCUT2D eigenvalue weighted by Gasteiger charge is -2.21. The summed E-state index contributed by atoms with van der Waals surface area (Å²) in [6.07, 6.45) is 8.35. The van der Waals surface area contributed by atoms with Crippen molar-refractivity contribution < 1.29 is 9.90 Å². The summed E-state index contributed by atoms with van der Waals surface area (Å²) in [6.45, 7) is 1.02. The van der Waals surface area contributed by atoms with Crippen molar-refractivity contribution in [1.82, 2.24) is 4.98 Å². The summed E-state index contributed by atoms with van der Waals surface area (Å²) in [5.74, 6) is 1.59. The molecular weight excluding hydrogens is 284 g/mol. The Hall–Kier alpha value is -1.10. The van der Waals surface area contributed by atoms with Gasteiger partial charge in [0.15, 0.2) is 5.13 Å². The number of hydrogen-bond acceptors (Lipinski definition) is 4. The van der Waals surface area contributed by atoms with E-state index < -0.39 is 5.97 Å². The van der Waals surface area contributed by atoms with Gasteiger partial charge in [0.2, 0.25) is 0 Å². The molecule has 0 aromatic carbocycles. The number of nitrogens with zero attached hydrogens (tertiary/aromatic N) is 1. The van der Waals surface area contributed by atoms with E-state index >= 15 is 0 Å². The van der Waals surface area contributed by atoms with Crippen LogP contribution in [0.15, 0.2) is 0 Å². The van der Waals surface area contributed by atoms with Gasteiger partial charge in [0.1, 0.15) is 5.92 Å². The van der Waals surface area contributed by atoms with Crippen molar-refractivity contribution in [3.8, 4) is 0 Å². The van der Waals surface area contributed by atoms with Crippen LogP contribution in [0.4, 0.5) is 5.13 Å². The molecule has 4 nitrogen and oxygen atoms in total. The highest BCUT2D eigenvalue weighted by Gasteiger charge is 2.39. The molecule has 1 aromatic heterocycles. The van der Waals surface area contributed by atoms with E-state index in [1.165, 1.54) is 30.6 Å². The number of aliphatic carboxylic acids is 1. The van der Waals surface area contributed by atoms with Crippen LogP contribution >= 0.6 is 11.3 Å². The second-order valence-electron chi connectivity index (χ2n) is 6.93. The average molecular weight is 306 g/mol. The molecule has 4 unspecified atom stereocenters.